The standard InChI is InChI=1S/C22H18F3N3O3/c23-22(24,25)17-12-7-13-18(14-17)26-20(30)28-27-19(29)21(31,15-8-3-1-4-9-15)16-10-5-2-6-11-16/h1-14,31H,(H,27,29)(H2,26,28,30). The fourth-order valence-corrected chi connectivity index (χ4v) is 2.93. The molecule has 0 saturated heterocycles. The van der Waals surface area contributed by atoms with Crippen molar-refractivity contribution in [1.29, 1.82) is 0 Å². The molecule has 0 aromatic heterocycles. The molecule has 3 aromatic carbocycles. The number of halogens is 3. The molecule has 3 rings (SSSR count). The van der Waals surface area contributed by atoms with Crippen LogP contribution in [0.2, 0.25) is 0 Å². The lowest BCUT2D eigenvalue weighted by Crippen LogP contribution is -2.53. The summed E-state index contributed by atoms with van der Waals surface area (Å²) in [4.78, 5) is 24.9. The molecule has 0 fully saturated rings. The molecule has 0 aliphatic carbocycles. The molecule has 0 radical (unpaired) electrons. The van der Waals surface area contributed by atoms with Crippen LogP contribution in [0.1, 0.15) is 16.7 Å². The number of amides is 3. The van der Waals surface area contributed by atoms with Crippen molar-refractivity contribution in [2.75, 3.05) is 5.32 Å². The second kappa shape index (κ2) is 8.88. The first-order chi connectivity index (χ1) is 14.7. The lowest BCUT2D eigenvalue weighted by molar-refractivity contribution is -0.138. The summed E-state index contributed by atoms with van der Waals surface area (Å²) in [6.45, 7) is 0. The molecule has 3 amide bonds. The molecule has 6 nitrogen and oxygen atoms in total. The van der Waals surface area contributed by atoms with Gasteiger partial charge in [-0.2, -0.15) is 13.2 Å². The Labute approximate surface area is 175 Å². The first kappa shape index (κ1) is 21.8. The summed E-state index contributed by atoms with van der Waals surface area (Å²) < 4.78 is 38.4. The van der Waals surface area contributed by atoms with Crippen LogP contribution in [0.5, 0.6) is 0 Å². The molecule has 0 unspecified atom stereocenters. The number of hydrogen-bond donors (Lipinski definition) is 4. The summed E-state index contributed by atoms with van der Waals surface area (Å²) in [5, 5.41) is 13.4. The smallest absolute Gasteiger partial charge is 0.372 e. The van der Waals surface area contributed by atoms with Crippen LogP contribution < -0.4 is 16.2 Å². The van der Waals surface area contributed by atoms with Gasteiger partial charge in [0.1, 0.15) is 0 Å². The van der Waals surface area contributed by atoms with Gasteiger partial charge in [0, 0.05) is 5.69 Å². The summed E-state index contributed by atoms with van der Waals surface area (Å²) >= 11 is 0. The number of aliphatic hydroxyl groups is 1. The second-order valence-corrected chi connectivity index (χ2v) is 6.55. The average molecular weight is 429 g/mol. The average Bonchev–Trinajstić information content (AvgIpc) is 2.77. The monoisotopic (exact) mass is 429 g/mol. The molecule has 0 aliphatic rings. The fourth-order valence-electron chi connectivity index (χ4n) is 2.93. The first-order valence-electron chi connectivity index (χ1n) is 9.09. The highest BCUT2D eigenvalue weighted by atomic mass is 19.4. The molecule has 3 aromatic rings. The van der Waals surface area contributed by atoms with E-state index in [1.54, 1.807) is 60.7 Å². The van der Waals surface area contributed by atoms with Crippen LogP contribution in [-0.4, -0.2) is 17.0 Å². The van der Waals surface area contributed by atoms with E-state index in [1.165, 1.54) is 6.07 Å². The summed E-state index contributed by atoms with van der Waals surface area (Å²) in [7, 11) is 0. The second-order valence-electron chi connectivity index (χ2n) is 6.55. The van der Waals surface area contributed by atoms with Gasteiger partial charge in [-0.15, -0.1) is 0 Å². The molecule has 0 spiro atoms. The minimum absolute atomic E-state index is 0.122. The van der Waals surface area contributed by atoms with E-state index in [1.807, 2.05) is 5.43 Å². The number of alkyl halides is 3. The summed E-state index contributed by atoms with van der Waals surface area (Å²) in [6.07, 6.45) is -4.57. The third-order valence-corrected chi connectivity index (χ3v) is 4.45. The highest BCUT2D eigenvalue weighted by molar-refractivity contribution is 5.94. The third-order valence-electron chi connectivity index (χ3n) is 4.45. The van der Waals surface area contributed by atoms with Crippen LogP contribution in [0.3, 0.4) is 0 Å². The van der Waals surface area contributed by atoms with Gasteiger partial charge in [0.15, 0.2) is 5.60 Å². The Morgan fingerprint density at radius 2 is 1.23 bits per heavy atom. The number of nitrogens with one attached hydrogen (secondary N) is 3. The van der Waals surface area contributed by atoms with Crippen molar-refractivity contribution >= 4 is 17.6 Å². The highest BCUT2D eigenvalue weighted by Gasteiger charge is 2.40. The van der Waals surface area contributed by atoms with Gasteiger partial charge in [0.25, 0.3) is 5.91 Å². The van der Waals surface area contributed by atoms with Crippen LogP contribution in [0.15, 0.2) is 84.9 Å². The Hall–Kier alpha value is -3.85. The van der Waals surface area contributed by atoms with Crippen molar-refractivity contribution in [3.05, 3.63) is 102 Å². The van der Waals surface area contributed by atoms with E-state index in [9.17, 15) is 27.9 Å². The zero-order chi connectivity index (χ0) is 22.5. The predicted molar refractivity (Wildman–Crippen MR) is 108 cm³/mol. The van der Waals surface area contributed by atoms with E-state index >= 15 is 0 Å². The number of carbonyl (C=O) groups excluding carboxylic acids is 2. The molecule has 4 N–H and O–H groups in total. The van der Waals surface area contributed by atoms with Gasteiger partial charge < -0.3 is 10.4 Å². The van der Waals surface area contributed by atoms with Crippen molar-refractivity contribution in [3.63, 3.8) is 0 Å². The summed E-state index contributed by atoms with van der Waals surface area (Å²) in [5.41, 5.74) is 1.51. The Kier molecular flexibility index (Phi) is 6.26. The van der Waals surface area contributed by atoms with Gasteiger partial charge in [-0.25, -0.2) is 10.2 Å². The number of carbonyl (C=O) groups is 2. The first-order valence-corrected chi connectivity index (χ1v) is 9.09. The molecule has 0 atom stereocenters. The quantitative estimate of drug-likeness (QED) is 0.476. The molecule has 31 heavy (non-hydrogen) atoms. The topological polar surface area (TPSA) is 90.5 Å². The Balaban J connectivity index is 1.74. The van der Waals surface area contributed by atoms with Crippen molar-refractivity contribution in [2.45, 2.75) is 11.8 Å². The highest BCUT2D eigenvalue weighted by Crippen LogP contribution is 2.31. The van der Waals surface area contributed by atoms with Gasteiger partial charge in [0.05, 0.1) is 5.56 Å². The number of urea groups is 1. The van der Waals surface area contributed by atoms with E-state index in [2.05, 4.69) is 10.7 Å². The Bertz CT molecular complexity index is 1020. The van der Waals surface area contributed by atoms with Crippen LogP contribution in [0.25, 0.3) is 0 Å². The molecule has 0 saturated carbocycles. The van der Waals surface area contributed by atoms with Crippen LogP contribution in [0, 0.1) is 0 Å². The maximum atomic E-state index is 12.9. The van der Waals surface area contributed by atoms with Crippen molar-refractivity contribution in [3.8, 4) is 0 Å². The lowest BCUT2D eigenvalue weighted by atomic mass is 9.85. The molecule has 0 heterocycles. The number of hydrogen-bond acceptors (Lipinski definition) is 3. The van der Waals surface area contributed by atoms with E-state index in [-0.39, 0.29) is 16.8 Å². The molecule has 160 valence electrons. The van der Waals surface area contributed by atoms with E-state index in [0.717, 1.165) is 18.2 Å². The Morgan fingerprint density at radius 3 is 1.74 bits per heavy atom. The zero-order valence-electron chi connectivity index (χ0n) is 16.0. The van der Waals surface area contributed by atoms with Crippen molar-refractivity contribution in [1.82, 2.24) is 10.9 Å². The minimum atomic E-state index is -4.57. The number of hydrazine groups is 1. The van der Waals surface area contributed by atoms with Gasteiger partial charge in [-0.05, 0) is 29.3 Å². The van der Waals surface area contributed by atoms with Crippen LogP contribution >= 0.6 is 0 Å². The van der Waals surface area contributed by atoms with E-state index in [4.69, 9.17) is 0 Å². The maximum absolute atomic E-state index is 12.9. The van der Waals surface area contributed by atoms with Gasteiger partial charge in [-0.1, -0.05) is 66.7 Å². The van der Waals surface area contributed by atoms with Gasteiger partial charge in [0.2, 0.25) is 0 Å². The molecular weight excluding hydrogens is 411 g/mol. The van der Waals surface area contributed by atoms with Crippen molar-refractivity contribution in [2.24, 2.45) is 0 Å². The Morgan fingerprint density at radius 1 is 0.710 bits per heavy atom. The minimum Gasteiger partial charge on any atom is -0.372 e. The summed E-state index contributed by atoms with van der Waals surface area (Å²) in [5.74, 6) is -0.955. The third kappa shape index (κ3) is 5.01. The van der Waals surface area contributed by atoms with Crippen LogP contribution in [-0.2, 0) is 16.6 Å². The van der Waals surface area contributed by atoms with Crippen molar-refractivity contribution < 1.29 is 27.9 Å². The number of rotatable bonds is 4. The van der Waals surface area contributed by atoms with Gasteiger partial charge >= 0.3 is 12.2 Å². The van der Waals surface area contributed by atoms with Crippen LogP contribution in [0.4, 0.5) is 23.7 Å². The SMILES string of the molecule is O=C(NNC(=O)C(O)(c1ccccc1)c1ccccc1)Nc1cccc(C(F)(F)F)c1. The normalized spacial score (nSPS) is 11.5. The lowest BCUT2D eigenvalue weighted by Gasteiger charge is -2.28. The largest absolute Gasteiger partial charge is 0.416 e. The predicted octanol–water partition coefficient (Wildman–Crippen LogP) is 3.79. The molecular formula is C22H18F3N3O3. The van der Waals surface area contributed by atoms with E-state index < -0.39 is 29.3 Å². The van der Waals surface area contributed by atoms with E-state index in [0.29, 0.717) is 0 Å². The molecule has 0 bridgehead atoms. The molecule has 0 aliphatic heterocycles. The van der Waals surface area contributed by atoms with Gasteiger partial charge in [-0.3, -0.25) is 10.2 Å². The maximum Gasteiger partial charge on any atom is 0.416 e. The fraction of sp³-hybridized carbons (Fsp3) is 0.0909. The molecule has 9 heteroatoms. The number of benzene rings is 3. The summed E-state index contributed by atoms with van der Waals surface area (Å²) in [6, 6.07) is 19.2. The number of anilines is 1. The zero-order valence-corrected chi connectivity index (χ0v) is 16.0.